The van der Waals surface area contributed by atoms with Gasteiger partial charge in [0.05, 0.1) is 18.8 Å². The number of aromatic nitrogens is 1. The zero-order valence-electron chi connectivity index (χ0n) is 38.5. The van der Waals surface area contributed by atoms with Crippen LogP contribution in [-0.2, 0) is 44.6 Å². The van der Waals surface area contributed by atoms with Gasteiger partial charge in [-0.2, -0.15) is 0 Å². The Labute approximate surface area is 370 Å². The molecule has 0 aliphatic rings. The van der Waals surface area contributed by atoms with Crippen molar-refractivity contribution in [2.75, 3.05) is 39.6 Å². The van der Waals surface area contributed by atoms with Crippen molar-refractivity contribution >= 4 is 17.9 Å². The van der Waals surface area contributed by atoms with Crippen LogP contribution in [-0.4, -0.2) is 68.8 Å². The molecule has 0 aliphatic heterocycles. The van der Waals surface area contributed by atoms with Gasteiger partial charge in [-0.3, -0.25) is 19.4 Å². The Morgan fingerprint density at radius 1 is 0.607 bits per heavy atom. The van der Waals surface area contributed by atoms with Gasteiger partial charge >= 0.3 is 17.9 Å². The summed E-state index contributed by atoms with van der Waals surface area (Å²) in [4.78, 5) is 42.3. The molecule has 0 bridgehead atoms. The van der Waals surface area contributed by atoms with E-state index in [0.717, 1.165) is 102 Å². The number of allylic oxidation sites excluding steroid dienone is 8. The van der Waals surface area contributed by atoms with Gasteiger partial charge in [-0.05, 0) is 102 Å². The first-order valence-electron chi connectivity index (χ1n) is 23.9. The number of nitrogens with zero attached hydrogens (tertiary/aromatic N) is 1. The number of carbonyl (C=O) groups excluding carboxylic acids is 3. The minimum atomic E-state index is -0.497. The highest BCUT2D eigenvalue weighted by Crippen LogP contribution is 2.13. The van der Waals surface area contributed by atoms with E-state index in [4.69, 9.17) is 23.7 Å². The Balaban J connectivity index is 2.54. The van der Waals surface area contributed by atoms with Gasteiger partial charge in [0.1, 0.15) is 19.8 Å². The number of pyridine rings is 1. The number of hydrogen-bond acceptors (Lipinski definition) is 10. The number of nitrogens with one attached hydrogen (secondary N) is 1. The summed E-state index contributed by atoms with van der Waals surface area (Å²) < 4.78 is 28.9. The molecule has 1 heterocycles. The molecule has 0 spiro atoms. The van der Waals surface area contributed by atoms with E-state index in [9.17, 15) is 14.4 Å². The molecule has 10 nitrogen and oxygen atoms in total. The fraction of sp³-hybridized carbons (Fsp3) is 0.686. The Morgan fingerprint density at radius 3 is 1.70 bits per heavy atom. The van der Waals surface area contributed by atoms with E-state index in [2.05, 4.69) is 79.7 Å². The van der Waals surface area contributed by atoms with E-state index in [0.29, 0.717) is 39.1 Å². The van der Waals surface area contributed by atoms with Crippen molar-refractivity contribution in [2.24, 2.45) is 5.92 Å². The average Bonchev–Trinajstić information content (AvgIpc) is 3.27. The van der Waals surface area contributed by atoms with Gasteiger partial charge in [0.25, 0.3) is 0 Å². The Bertz CT molecular complexity index is 1270. The van der Waals surface area contributed by atoms with Gasteiger partial charge in [-0.15, -0.1) is 0 Å². The molecule has 1 aromatic rings. The third-order valence-corrected chi connectivity index (χ3v) is 9.86. The van der Waals surface area contributed by atoms with Crippen LogP contribution in [0.15, 0.2) is 73.1 Å². The molecule has 0 saturated carbocycles. The monoisotopic (exact) mass is 853 g/mol. The highest BCUT2D eigenvalue weighted by Gasteiger charge is 2.19. The zero-order chi connectivity index (χ0) is 44.1. The summed E-state index contributed by atoms with van der Waals surface area (Å²) in [6.45, 7) is 8.57. The lowest BCUT2D eigenvalue weighted by Gasteiger charge is -2.20. The van der Waals surface area contributed by atoms with Crippen molar-refractivity contribution in [3.05, 3.63) is 78.7 Å². The molecule has 0 aliphatic carbocycles. The zero-order valence-corrected chi connectivity index (χ0v) is 38.5. The summed E-state index contributed by atoms with van der Waals surface area (Å²) in [5, 5.41) is 3.22. The summed E-state index contributed by atoms with van der Waals surface area (Å²) in [6.07, 6.45) is 42.0. The summed E-state index contributed by atoms with van der Waals surface area (Å²) >= 11 is 0. The average molecular weight is 853 g/mol. The van der Waals surface area contributed by atoms with Crippen LogP contribution >= 0.6 is 0 Å². The minimum Gasteiger partial charge on any atom is -0.465 e. The van der Waals surface area contributed by atoms with E-state index in [1.807, 2.05) is 12.1 Å². The third-order valence-electron chi connectivity index (χ3n) is 9.86. The SMILES string of the molecule is CC/C=C\CCCCOC(CCC(=O)OCC(COC(=O)CCCCCCC/C=C\C/C=C\CCCCC)COC(=O)CCNCc1cccnc1)OCCCC/C=C\CC. The maximum absolute atomic E-state index is 13.0. The van der Waals surface area contributed by atoms with Gasteiger partial charge in [0.2, 0.25) is 0 Å². The second-order valence-electron chi connectivity index (χ2n) is 15.6. The molecular weight excluding hydrogens is 769 g/mol. The van der Waals surface area contributed by atoms with Crippen molar-refractivity contribution in [3.8, 4) is 0 Å². The van der Waals surface area contributed by atoms with Gasteiger partial charge in [0, 0.05) is 51.5 Å². The minimum absolute atomic E-state index is 0.00531. The van der Waals surface area contributed by atoms with Crippen LogP contribution in [0.4, 0.5) is 0 Å². The molecule has 1 aromatic heterocycles. The first-order valence-corrected chi connectivity index (χ1v) is 23.9. The van der Waals surface area contributed by atoms with Crippen LogP contribution in [0, 0.1) is 5.92 Å². The largest absolute Gasteiger partial charge is 0.465 e. The maximum atomic E-state index is 13.0. The molecule has 0 saturated heterocycles. The van der Waals surface area contributed by atoms with Crippen molar-refractivity contribution < 1.29 is 38.1 Å². The molecule has 0 fully saturated rings. The summed E-state index contributed by atoms with van der Waals surface area (Å²) in [5.74, 6) is -1.57. The van der Waals surface area contributed by atoms with Crippen molar-refractivity contribution in [3.63, 3.8) is 0 Å². The molecular formula is C51H84N2O8. The van der Waals surface area contributed by atoms with Gasteiger partial charge in [-0.1, -0.05) is 108 Å². The molecule has 346 valence electrons. The molecule has 1 N–H and O–H groups in total. The molecule has 0 radical (unpaired) electrons. The van der Waals surface area contributed by atoms with Gasteiger partial charge in [-0.25, -0.2) is 0 Å². The van der Waals surface area contributed by atoms with Crippen LogP contribution < -0.4 is 5.32 Å². The third kappa shape index (κ3) is 37.9. The standard InChI is InChI=1S/C51H84N2O8/c1-4-7-10-13-16-17-18-19-20-21-22-23-24-25-28-33-48(54)59-43-47(45-61-50(56)36-38-53-42-46-32-31-37-52-41-46)44-60-49(55)34-35-51(57-39-29-26-14-11-8-5-2)58-40-30-27-15-12-9-6-3/h8-9,11-12,16-17,19-20,31-32,37,41,47,51,53H,4-7,10,13-15,18,21-30,33-36,38-40,42-45H2,1-3H3/b11-8-,12-9-,17-16-,20-19-. The van der Waals surface area contributed by atoms with Crippen LogP contribution in [0.2, 0.25) is 0 Å². The normalized spacial score (nSPS) is 12.4. The number of ether oxygens (including phenoxy) is 5. The van der Waals surface area contributed by atoms with Crippen LogP contribution in [0.5, 0.6) is 0 Å². The van der Waals surface area contributed by atoms with Gasteiger partial charge in [0.15, 0.2) is 6.29 Å². The van der Waals surface area contributed by atoms with E-state index in [-0.39, 0.29) is 44.6 Å². The fourth-order valence-corrected chi connectivity index (χ4v) is 6.18. The first kappa shape index (κ1) is 55.4. The van der Waals surface area contributed by atoms with Crippen LogP contribution in [0.25, 0.3) is 0 Å². The highest BCUT2D eigenvalue weighted by atomic mass is 16.7. The molecule has 0 aromatic carbocycles. The van der Waals surface area contributed by atoms with Crippen molar-refractivity contribution in [1.82, 2.24) is 10.3 Å². The summed E-state index contributed by atoms with van der Waals surface area (Å²) in [5.41, 5.74) is 1.02. The predicted molar refractivity (Wildman–Crippen MR) is 248 cm³/mol. The number of rotatable bonds is 42. The van der Waals surface area contributed by atoms with Crippen molar-refractivity contribution in [1.29, 1.82) is 0 Å². The van der Waals surface area contributed by atoms with E-state index < -0.39 is 18.2 Å². The van der Waals surface area contributed by atoms with Crippen LogP contribution in [0.3, 0.4) is 0 Å². The lowest BCUT2D eigenvalue weighted by Crippen LogP contribution is -2.27. The van der Waals surface area contributed by atoms with Crippen molar-refractivity contribution in [2.45, 2.75) is 181 Å². The molecule has 1 atom stereocenters. The van der Waals surface area contributed by atoms with E-state index in [1.54, 1.807) is 12.4 Å². The molecule has 61 heavy (non-hydrogen) atoms. The smallest absolute Gasteiger partial charge is 0.307 e. The van der Waals surface area contributed by atoms with E-state index >= 15 is 0 Å². The second-order valence-corrected chi connectivity index (χ2v) is 15.6. The molecule has 10 heteroatoms. The number of carbonyl (C=O) groups is 3. The predicted octanol–water partition coefficient (Wildman–Crippen LogP) is 12.0. The second kappa shape index (κ2) is 43.1. The molecule has 1 rings (SSSR count). The lowest BCUT2D eigenvalue weighted by molar-refractivity contribution is -0.162. The first-order chi connectivity index (χ1) is 30.0. The summed E-state index contributed by atoms with van der Waals surface area (Å²) in [7, 11) is 0. The lowest BCUT2D eigenvalue weighted by atomic mass is 10.1. The molecule has 0 amide bonds. The number of hydrogen-bond donors (Lipinski definition) is 1. The Morgan fingerprint density at radius 2 is 1.13 bits per heavy atom. The fourth-order valence-electron chi connectivity index (χ4n) is 6.18. The summed E-state index contributed by atoms with van der Waals surface area (Å²) in [6, 6.07) is 3.83. The Kier molecular flexibility index (Phi) is 39.1. The number of esters is 3. The number of unbranched alkanes of at least 4 members (excludes halogenated alkanes) is 12. The van der Waals surface area contributed by atoms with Gasteiger partial charge < -0.3 is 29.0 Å². The maximum Gasteiger partial charge on any atom is 0.307 e. The van der Waals surface area contributed by atoms with Crippen LogP contribution in [0.1, 0.15) is 174 Å². The Hall–Kier alpha value is -3.60. The molecule has 1 unspecified atom stereocenters. The highest BCUT2D eigenvalue weighted by molar-refractivity contribution is 5.70. The van der Waals surface area contributed by atoms with E-state index in [1.165, 1.54) is 25.7 Å². The quantitative estimate of drug-likeness (QED) is 0.0224. The topological polar surface area (TPSA) is 122 Å².